The minimum Gasteiger partial charge on any atom is -0.348 e. The van der Waals surface area contributed by atoms with Gasteiger partial charge >= 0.3 is 0 Å². The second-order valence-electron chi connectivity index (χ2n) is 5.05. The van der Waals surface area contributed by atoms with Crippen LogP contribution in [0.4, 0.5) is 0 Å². The van der Waals surface area contributed by atoms with E-state index in [9.17, 15) is 4.79 Å². The molecule has 0 aromatic carbocycles. The Hall–Kier alpha value is -0.840. The van der Waals surface area contributed by atoms with Crippen LogP contribution in [0, 0.1) is 0 Å². The largest absolute Gasteiger partial charge is 0.348 e. The van der Waals surface area contributed by atoms with Crippen molar-refractivity contribution in [2.45, 2.75) is 32.2 Å². The highest BCUT2D eigenvalue weighted by Gasteiger charge is 2.22. The van der Waals surface area contributed by atoms with E-state index in [2.05, 4.69) is 22.1 Å². The number of carbonyl (C=O) groups excluding carboxylic acids is 1. The summed E-state index contributed by atoms with van der Waals surface area (Å²) in [6.07, 6.45) is 3.09. The lowest BCUT2D eigenvalue weighted by Gasteiger charge is -2.32. The Balaban J connectivity index is 1.91. The highest BCUT2D eigenvalue weighted by Crippen LogP contribution is 2.18. The first-order chi connectivity index (χ1) is 9.60. The zero-order valence-electron chi connectivity index (χ0n) is 11.5. The van der Waals surface area contributed by atoms with E-state index in [4.69, 9.17) is 23.2 Å². The molecule has 6 heteroatoms. The van der Waals surface area contributed by atoms with Gasteiger partial charge in [0.05, 0.1) is 5.02 Å². The Bertz CT molecular complexity index is 473. The number of pyridine rings is 1. The van der Waals surface area contributed by atoms with Gasteiger partial charge in [-0.3, -0.25) is 4.79 Å². The first kappa shape index (κ1) is 15.5. The second-order valence-corrected chi connectivity index (χ2v) is 5.85. The van der Waals surface area contributed by atoms with Crippen LogP contribution in [-0.2, 0) is 0 Å². The molecule has 0 aliphatic carbocycles. The van der Waals surface area contributed by atoms with Gasteiger partial charge in [0.2, 0.25) is 0 Å². The highest BCUT2D eigenvalue weighted by molar-refractivity contribution is 6.34. The minimum atomic E-state index is -0.244. The number of nitrogens with one attached hydrogen (secondary N) is 1. The fraction of sp³-hybridized carbons (Fsp3) is 0.571. The smallest absolute Gasteiger partial charge is 0.271 e. The number of halogens is 2. The van der Waals surface area contributed by atoms with Crippen molar-refractivity contribution in [1.82, 2.24) is 15.2 Å². The summed E-state index contributed by atoms with van der Waals surface area (Å²) < 4.78 is 0. The Labute approximate surface area is 129 Å². The number of rotatable bonds is 4. The van der Waals surface area contributed by atoms with Gasteiger partial charge in [-0.25, -0.2) is 4.98 Å². The van der Waals surface area contributed by atoms with Crippen LogP contribution in [0.2, 0.25) is 10.2 Å². The molecule has 0 saturated carbocycles. The van der Waals surface area contributed by atoms with Crippen molar-refractivity contribution < 1.29 is 4.79 Å². The van der Waals surface area contributed by atoms with Gasteiger partial charge in [0, 0.05) is 19.1 Å². The van der Waals surface area contributed by atoms with E-state index in [1.54, 1.807) is 12.1 Å². The maximum atomic E-state index is 12.2. The van der Waals surface area contributed by atoms with Crippen LogP contribution in [0.25, 0.3) is 0 Å². The van der Waals surface area contributed by atoms with Gasteiger partial charge in [0.15, 0.2) is 0 Å². The zero-order valence-corrected chi connectivity index (χ0v) is 13.0. The number of hydrogen-bond donors (Lipinski definition) is 1. The van der Waals surface area contributed by atoms with E-state index in [1.807, 2.05) is 0 Å². The topological polar surface area (TPSA) is 45.2 Å². The molecule has 1 aromatic rings. The molecular weight excluding hydrogens is 297 g/mol. The molecule has 4 nitrogen and oxygen atoms in total. The Morgan fingerprint density at radius 2 is 2.10 bits per heavy atom. The standard InChI is InChI=1S/C14H19Cl2N3O/c1-2-7-19-8-5-10(6-9-19)17-14(20)13-11(15)3-4-12(16)18-13/h3-4,10H,2,5-9H2,1H3,(H,17,20). The lowest BCUT2D eigenvalue weighted by Crippen LogP contribution is -2.45. The Kier molecular flexibility index (Phi) is 5.64. The molecule has 110 valence electrons. The Morgan fingerprint density at radius 3 is 2.75 bits per heavy atom. The first-order valence-corrected chi connectivity index (χ1v) is 7.71. The third-order valence-electron chi connectivity index (χ3n) is 3.49. The number of nitrogens with zero attached hydrogens (tertiary/aromatic N) is 2. The molecule has 1 saturated heterocycles. The monoisotopic (exact) mass is 315 g/mol. The maximum Gasteiger partial charge on any atom is 0.271 e. The molecule has 20 heavy (non-hydrogen) atoms. The van der Waals surface area contributed by atoms with Crippen molar-refractivity contribution in [2.24, 2.45) is 0 Å². The normalized spacial score (nSPS) is 17.1. The van der Waals surface area contributed by atoms with Crippen molar-refractivity contribution in [3.8, 4) is 0 Å². The van der Waals surface area contributed by atoms with Crippen LogP contribution in [0.15, 0.2) is 12.1 Å². The summed E-state index contributed by atoms with van der Waals surface area (Å²) in [5, 5.41) is 3.60. The van der Waals surface area contributed by atoms with Crippen LogP contribution in [0.1, 0.15) is 36.7 Å². The minimum absolute atomic E-state index is 0.187. The predicted molar refractivity (Wildman–Crippen MR) is 81.5 cm³/mol. The molecule has 1 aliphatic heterocycles. The molecule has 2 heterocycles. The third kappa shape index (κ3) is 4.08. The van der Waals surface area contributed by atoms with Gasteiger partial charge in [-0.15, -0.1) is 0 Å². The summed E-state index contributed by atoms with van der Waals surface area (Å²) in [6, 6.07) is 3.35. The van der Waals surface area contributed by atoms with E-state index in [0.29, 0.717) is 5.02 Å². The number of aromatic nitrogens is 1. The third-order valence-corrected chi connectivity index (χ3v) is 4.01. The molecule has 1 aliphatic rings. The van der Waals surface area contributed by atoms with E-state index >= 15 is 0 Å². The van der Waals surface area contributed by atoms with E-state index < -0.39 is 0 Å². The van der Waals surface area contributed by atoms with Crippen LogP contribution >= 0.6 is 23.2 Å². The summed E-state index contributed by atoms with van der Waals surface area (Å²) >= 11 is 11.8. The van der Waals surface area contributed by atoms with Gasteiger partial charge in [0.25, 0.3) is 5.91 Å². The van der Waals surface area contributed by atoms with Crippen molar-refractivity contribution in [3.63, 3.8) is 0 Å². The molecule has 0 radical (unpaired) electrons. The van der Waals surface area contributed by atoms with E-state index in [-0.39, 0.29) is 22.8 Å². The van der Waals surface area contributed by atoms with Gasteiger partial charge in [-0.1, -0.05) is 30.1 Å². The molecule has 0 atom stereocenters. The van der Waals surface area contributed by atoms with Crippen molar-refractivity contribution in [3.05, 3.63) is 28.0 Å². The summed E-state index contributed by atoms with van der Waals surface area (Å²) in [5.41, 5.74) is 0.204. The molecule has 1 fully saturated rings. The van der Waals surface area contributed by atoms with E-state index in [1.165, 1.54) is 6.42 Å². The number of hydrogen-bond acceptors (Lipinski definition) is 3. The average molecular weight is 316 g/mol. The van der Waals surface area contributed by atoms with Gasteiger partial charge in [0.1, 0.15) is 10.8 Å². The zero-order chi connectivity index (χ0) is 14.5. The fourth-order valence-electron chi connectivity index (χ4n) is 2.45. The van der Waals surface area contributed by atoms with Gasteiger partial charge in [-0.05, 0) is 37.9 Å². The molecule has 0 bridgehead atoms. The van der Waals surface area contributed by atoms with Crippen LogP contribution in [-0.4, -0.2) is 41.5 Å². The molecule has 2 rings (SSSR count). The predicted octanol–water partition coefficient (Wildman–Crippen LogP) is 2.99. The quantitative estimate of drug-likeness (QED) is 0.869. The van der Waals surface area contributed by atoms with Crippen molar-refractivity contribution in [2.75, 3.05) is 19.6 Å². The van der Waals surface area contributed by atoms with Crippen molar-refractivity contribution >= 4 is 29.1 Å². The number of piperidine rings is 1. The van der Waals surface area contributed by atoms with Crippen LogP contribution in [0.5, 0.6) is 0 Å². The summed E-state index contributed by atoms with van der Waals surface area (Å²) in [4.78, 5) is 18.6. The number of likely N-dealkylation sites (tertiary alicyclic amines) is 1. The molecule has 1 amide bonds. The average Bonchev–Trinajstić information content (AvgIpc) is 2.44. The molecule has 0 spiro atoms. The summed E-state index contributed by atoms with van der Waals surface area (Å²) in [7, 11) is 0. The molecule has 0 unspecified atom stereocenters. The molecule has 1 N–H and O–H groups in total. The molecule has 1 aromatic heterocycles. The summed E-state index contributed by atoms with van der Waals surface area (Å²) in [6.45, 7) is 5.36. The lowest BCUT2D eigenvalue weighted by atomic mass is 10.0. The number of amides is 1. The maximum absolute atomic E-state index is 12.2. The SMILES string of the molecule is CCCN1CCC(NC(=O)c2nc(Cl)ccc2Cl)CC1. The Morgan fingerprint density at radius 1 is 1.40 bits per heavy atom. The van der Waals surface area contributed by atoms with Gasteiger partial charge < -0.3 is 10.2 Å². The van der Waals surface area contributed by atoms with Crippen LogP contribution in [0.3, 0.4) is 0 Å². The van der Waals surface area contributed by atoms with Crippen LogP contribution < -0.4 is 5.32 Å². The first-order valence-electron chi connectivity index (χ1n) is 6.95. The van der Waals surface area contributed by atoms with Crippen molar-refractivity contribution in [1.29, 1.82) is 0 Å². The van der Waals surface area contributed by atoms with E-state index in [0.717, 1.165) is 32.5 Å². The lowest BCUT2D eigenvalue weighted by molar-refractivity contribution is 0.0906. The fourth-order valence-corrected chi connectivity index (χ4v) is 2.79. The summed E-state index contributed by atoms with van der Waals surface area (Å²) in [5.74, 6) is -0.244. The molecular formula is C14H19Cl2N3O. The highest BCUT2D eigenvalue weighted by atomic mass is 35.5. The number of carbonyl (C=O) groups is 1. The second kappa shape index (κ2) is 7.25. The van der Waals surface area contributed by atoms with Gasteiger partial charge in [-0.2, -0.15) is 0 Å².